The van der Waals surface area contributed by atoms with Gasteiger partial charge < -0.3 is 9.64 Å². The van der Waals surface area contributed by atoms with E-state index in [9.17, 15) is 4.79 Å². The lowest BCUT2D eigenvalue weighted by molar-refractivity contribution is 0.0582. The molecule has 0 unspecified atom stereocenters. The molecular weight excluding hydrogens is 302 g/mol. The molecule has 0 radical (unpaired) electrons. The van der Waals surface area contributed by atoms with E-state index in [4.69, 9.17) is 4.74 Å². The fourth-order valence-electron chi connectivity index (χ4n) is 3.09. The van der Waals surface area contributed by atoms with Crippen molar-refractivity contribution in [3.63, 3.8) is 0 Å². The molecule has 0 bridgehead atoms. The van der Waals surface area contributed by atoms with Gasteiger partial charge in [-0.25, -0.2) is 9.97 Å². The molecule has 0 aliphatic carbocycles. The van der Waals surface area contributed by atoms with Crippen LogP contribution in [0.2, 0.25) is 0 Å². The molecular formula is C19H23N3O2. The molecule has 5 heteroatoms. The van der Waals surface area contributed by atoms with Crippen molar-refractivity contribution in [1.29, 1.82) is 0 Å². The second-order valence-electron chi connectivity index (χ2n) is 6.49. The average Bonchev–Trinajstić information content (AvgIpc) is 2.61. The zero-order valence-electron chi connectivity index (χ0n) is 14.2. The van der Waals surface area contributed by atoms with Gasteiger partial charge in [-0.15, -0.1) is 0 Å². The maximum Gasteiger partial charge on any atom is 0.274 e. The minimum atomic E-state index is -0.0449. The molecule has 2 atom stereocenters. The summed E-state index contributed by atoms with van der Waals surface area (Å²) in [5.74, 6) is 1.05. The molecule has 0 saturated carbocycles. The van der Waals surface area contributed by atoms with Crippen molar-refractivity contribution in [2.75, 3.05) is 6.54 Å². The SMILES string of the molecule is C[C@@H]1CCN(C(=O)c2cnc(OCc3ccccc3)cn2)[C@H](C)C1. The number of benzene rings is 1. The molecule has 1 fully saturated rings. The Morgan fingerprint density at radius 3 is 2.67 bits per heavy atom. The number of likely N-dealkylation sites (tertiary alicyclic amines) is 1. The number of rotatable bonds is 4. The molecule has 1 aromatic heterocycles. The lowest BCUT2D eigenvalue weighted by Crippen LogP contribution is -2.44. The fraction of sp³-hybridized carbons (Fsp3) is 0.421. The van der Waals surface area contributed by atoms with Crippen LogP contribution in [0.4, 0.5) is 0 Å². The van der Waals surface area contributed by atoms with Gasteiger partial charge in [0.25, 0.3) is 5.91 Å². The standard InChI is InChI=1S/C19H23N3O2/c1-14-8-9-22(15(2)10-14)19(23)17-11-21-18(12-20-17)24-13-16-6-4-3-5-7-16/h3-7,11-12,14-15H,8-10,13H2,1-2H3/t14-,15-/m1/s1. The molecule has 1 saturated heterocycles. The topological polar surface area (TPSA) is 55.3 Å². The summed E-state index contributed by atoms with van der Waals surface area (Å²) in [4.78, 5) is 22.9. The number of carbonyl (C=O) groups excluding carboxylic acids is 1. The highest BCUT2D eigenvalue weighted by Gasteiger charge is 2.28. The highest BCUT2D eigenvalue weighted by molar-refractivity contribution is 5.92. The van der Waals surface area contributed by atoms with Gasteiger partial charge in [0.1, 0.15) is 12.3 Å². The van der Waals surface area contributed by atoms with Crippen molar-refractivity contribution in [3.05, 3.63) is 54.0 Å². The summed E-state index contributed by atoms with van der Waals surface area (Å²) in [5.41, 5.74) is 1.44. The number of amides is 1. The van der Waals surface area contributed by atoms with Crippen LogP contribution in [-0.4, -0.2) is 33.4 Å². The Bertz CT molecular complexity index is 673. The second-order valence-corrected chi connectivity index (χ2v) is 6.49. The van der Waals surface area contributed by atoms with Crippen LogP contribution in [0, 0.1) is 5.92 Å². The van der Waals surface area contributed by atoms with Gasteiger partial charge in [-0.05, 0) is 31.2 Å². The predicted octanol–water partition coefficient (Wildman–Crippen LogP) is 3.32. The Kier molecular flexibility index (Phi) is 5.08. The number of aromatic nitrogens is 2. The van der Waals surface area contributed by atoms with Crippen LogP contribution in [0.5, 0.6) is 5.88 Å². The van der Waals surface area contributed by atoms with Gasteiger partial charge in [0.2, 0.25) is 5.88 Å². The van der Waals surface area contributed by atoms with Crippen LogP contribution in [-0.2, 0) is 6.61 Å². The number of hydrogen-bond acceptors (Lipinski definition) is 4. The Hall–Kier alpha value is -2.43. The van der Waals surface area contributed by atoms with E-state index in [1.165, 1.54) is 12.4 Å². The molecule has 5 nitrogen and oxygen atoms in total. The highest BCUT2D eigenvalue weighted by atomic mass is 16.5. The zero-order chi connectivity index (χ0) is 16.9. The third-order valence-corrected chi connectivity index (χ3v) is 4.48. The Balaban J connectivity index is 1.60. The Morgan fingerprint density at radius 2 is 2.00 bits per heavy atom. The first kappa shape index (κ1) is 16.4. The van der Waals surface area contributed by atoms with Crippen LogP contribution < -0.4 is 4.74 Å². The largest absolute Gasteiger partial charge is 0.472 e. The molecule has 1 aromatic carbocycles. The van der Waals surface area contributed by atoms with Crippen molar-refractivity contribution >= 4 is 5.91 Å². The monoisotopic (exact) mass is 325 g/mol. The normalized spacial score (nSPS) is 20.7. The Morgan fingerprint density at radius 1 is 1.21 bits per heavy atom. The van der Waals surface area contributed by atoms with Gasteiger partial charge in [0.15, 0.2) is 0 Å². The van der Waals surface area contributed by atoms with Crippen LogP contribution in [0.3, 0.4) is 0 Å². The van der Waals surface area contributed by atoms with Gasteiger partial charge in [0, 0.05) is 12.6 Å². The molecule has 2 aromatic rings. The summed E-state index contributed by atoms with van der Waals surface area (Å²) in [6.07, 6.45) is 5.11. The maximum atomic E-state index is 12.6. The van der Waals surface area contributed by atoms with E-state index in [1.54, 1.807) is 0 Å². The number of hydrogen-bond donors (Lipinski definition) is 0. The first-order valence-corrected chi connectivity index (χ1v) is 8.43. The van der Waals surface area contributed by atoms with Crippen LogP contribution in [0.15, 0.2) is 42.7 Å². The number of piperidine rings is 1. The van der Waals surface area contributed by atoms with E-state index >= 15 is 0 Å². The quantitative estimate of drug-likeness (QED) is 0.865. The van der Waals surface area contributed by atoms with E-state index in [1.807, 2.05) is 35.2 Å². The lowest BCUT2D eigenvalue weighted by atomic mass is 9.93. The van der Waals surface area contributed by atoms with Crippen molar-refractivity contribution in [2.24, 2.45) is 5.92 Å². The lowest BCUT2D eigenvalue weighted by Gasteiger charge is -2.36. The Labute approximate surface area is 142 Å². The van der Waals surface area contributed by atoms with E-state index in [2.05, 4.69) is 23.8 Å². The summed E-state index contributed by atoms with van der Waals surface area (Å²) in [5, 5.41) is 0. The smallest absolute Gasteiger partial charge is 0.274 e. The number of ether oxygens (including phenoxy) is 1. The van der Waals surface area contributed by atoms with Gasteiger partial charge in [0.05, 0.1) is 12.4 Å². The van der Waals surface area contributed by atoms with E-state index < -0.39 is 0 Å². The fourth-order valence-corrected chi connectivity index (χ4v) is 3.09. The molecule has 1 aliphatic heterocycles. The van der Waals surface area contributed by atoms with Gasteiger partial charge in [-0.2, -0.15) is 0 Å². The van der Waals surface area contributed by atoms with E-state index in [0.29, 0.717) is 24.1 Å². The van der Waals surface area contributed by atoms with E-state index in [0.717, 1.165) is 24.9 Å². The zero-order valence-corrected chi connectivity index (χ0v) is 14.2. The number of carbonyl (C=O) groups is 1. The maximum absolute atomic E-state index is 12.6. The summed E-state index contributed by atoms with van der Waals surface area (Å²) >= 11 is 0. The minimum Gasteiger partial charge on any atom is -0.472 e. The summed E-state index contributed by atoms with van der Waals surface area (Å²) < 4.78 is 5.61. The third kappa shape index (κ3) is 3.91. The van der Waals surface area contributed by atoms with Crippen molar-refractivity contribution in [2.45, 2.75) is 39.3 Å². The number of nitrogens with zero attached hydrogens (tertiary/aromatic N) is 3. The second kappa shape index (κ2) is 7.43. The first-order chi connectivity index (χ1) is 11.6. The van der Waals surface area contributed by atoms with Gasteiger partial charge in [-0.1, -0.05) is 37.3 Å². The van der Waals surface area contributed by atoms with Crippen LogP contribution in [0.1, 0.15) is 42.7 Å². The van der Waals surface area contributed by atoms with Crippen LogP contribution in [0.25, 0.3) is 0 Å². The van der Waals surface area contributed by atoms with Crippen molar-refractivity contribution < 1.29 is 9.53 Å². The van der Waals surface area contributed by atoms with Gasteiger partial charge in [-0.3, -0.25) is 4.79 Å². The molecule has 2 heterocycles. The summed E-state index contributed by atoms with van der Waals surface area (Å²) in [7, 11) is 0. The molecule has 1 aliphatic rings. The first-order valence-electron chi connectivity index (χ1n) is 8.43. The summed E-state index contributed by atoms with van der Waals surface area (Å²) in [6, 6.07) is 10.1. The summed E-state index contributed by atoms with van der Waals surface area (Å²) in [6.45, 7) is 5.55. The molecule has 24 heavy (non-hydrogen) atoms. The average molecular weight is 325 g/mol. The third-order valence-electron chi connectivity index (χ3n) is 4.48. The van der Waals surface area contributed by atoms with E-state index in [-0.39, 0.29) is 11.9 Å². The molecule has 1 amide bonds. The predicted molar refractivity (Wildman–Crippen MR) is 91.7 cm³/mol. The van der Waals surface area contributed by atoms with Gasteiger partial charge >= 0.3 is 0 Å². The minimum absolute atomic E-state index is 0.0449. The van der Waals surface area contributed by atoms with Crippen molar-refractivity contribution in [1.82, 2.24) is 14.9 Å². The molecule has 3 rings (SSSR count). The van der Waals surface area contributed by atoms with Crippen LogP contribution >= 0.6 is 0 Å². The highest BCUT2D eigenvalue weighted by Crippen LogP contribution is 2.23. The molecule has 126 valence electrons. The molecule has 0 N–H and O–H groups in total. The molecule has 0 spiro atoms. The van der Waals surface area contributed by atoms with Crippen molar-refractivity contribution in [3.8, 4) is 5.88 Å².